The van der Waals surface area contributed by atoms with Crippen LogP contribution in [-0.2, 0) is 18.8 Å². The maximum Gasteiger partial charge on any atom is 0.461 e. The second-order valence-electron chi connectivity index (χ2n) is 4.53. The lowest BCUT2D eigenvalue weighted by Gasteiger charge is -2.15. The maximum atomic E-state index is 13.2. The van der Waals surface area contributed by atoms with Crippen LogP contribution >= 0.6 is 0 Å². The molecule has 132 valence electrons. The lowest BCUT2D eigenvalue weighted by molar-refractivity contribution is -0.292. The molecule has 0 aliphatic rings. The Morgan fingerprint density at radius 1 is 0.917 bits per heavy atom. The van der Waals surface area contributed by atoms with Crippen LogP contribution in [0.3, 0.4) is 0 Å². The molecule has 0 amide bonds. The summed E-state index contributed by atoms with van der Waals surface area (Å²) in [5.74, 6) is -9.84. The molecule has 2 rings (SSSR count). The molecule has 1 aromatic heterocycles. The van der Waals surface area contributed by atoms with Gasteiger partial charge in [0, 0.05) is 5.69 Å². The Morgan fingerprint density at radius 2 is 1.50 bits per heavy atom. The molecule has 0 atom stereocenters. The number of hydrogen-bond donors (Lipinski definition) is 1. The number of para-hydroxylation sites is 1. The monoisotopic (exact) mass is 360 g/mol. The predicted octanol–water partition coefficient (Wildman–Crippen LogP) is 4.02. The van der Waals surface area contributed by atoms with E-state index in [9.17, 15) is 35.1 Å². The molecule has 1 aromatic carbocycles. The largest absolute Gasteiger partial charge is 0.461 e. The Balaban J connectivity index is 2.36. The number of hydrogen-bond acceptors (Lipinski definition) is 3. The number of halogens is 8. The van der Waals surface area contributed by atoms with Crippen LogP contribution in [0, 0.1) is 0 Å². The highest BCUT2D eigenvalue weighted by molar-refractivity contribution is 5.41. The van der Waals surface area contributed by atoms with E-state index < -0.39 is 36.6 Å². The number of benzene rings is 1. The normalized spacial score (nSPS) is 13.2. The summed E-state index contributed by atoms with van der Waals surface area (Å²) in [4.78, 5) is 2.35. The number of aromatic nitrogens is 3. The summed E-state index contributed by atoms with van der Waals surface area (Å²) in [5, 5.41) is 5.09. The van der Waals surface area contributed by atoms with Crippen molar-refractivity contribution in [3.8, 4) is 0 Å². The SMILES string of the molecule is FC(F)(F)c1nc(C(F)(F)C(F)(F)F)nn1CNc1ccccc1. The molecule has 24 heavy (non-hydrogen) atoms. The lowest BCUT2D eigenvalue weighted by atomic mass is 10.3. The van der Waals surface area contributed by atoms with Gasteiger partial charge in [0.05, 0.1) is 0 Å². The summed E-state index contributed by atoms with van der Waals surface area (Å²) in [7, 11) is 0. The van der Waals surface area contributed by atoms with Gasteiger partial charge in [-0.2, -0.15) is 35.1 Å². The molecular weight excluding hydrogens is 352 g/mol. The molecule has 0 aliphatic heterocycles. The first kappa shape index (κ1) is 17.9. The molecule has 0 radical (unpaired) electrons. The number of nitrogens with one attached hydrogen (secondary N) is 1. The highest BCUT2D eigenvalue weighted by atomic mass is 19.4. The van der Waals surface area contributed by atoms with Crippen LogP contribution in [0.5, 0.6) is 0 Å². The topological polar surface area (TPSA) is 42.7 Å². The van der Waals surface area contributed by atoms with Gasteiger partial charge in [0.15, 0.2) is 0 Å². The Bertz CT molecular complexity index is 689. The first-order chi connectivity index (χ1) is 10.9. The van der Waals surface area contributed by atoms with Gasteiger partial charge in [-0.1, -0.05) is 18.2 Å². The van der Waals surface area contributed by atoms with Gasteiger partial charge >= 0.3 is 18.3 Å². The highest BCUT2D eigenvalue weighted by Crippen LogP contribution is 2.43. The molecule has 2 aromatic rings. The third kappa shape index (κ3) is 3.57. The quantitative estimate of drug-likeness (QED) is 0.838. The molecule has 1 heterocycles. The minimum atomic E-state index is -6.12. The first-order valence-electron chi connectivity index (χ1n) is 6.19. The summed E-state index contributed by atoms with van der Waals surface area (Å²) < 4.78 is 101. The van der Waals surface area contributed by atoms with Crippen LogP contribution in [0.4, 0.5) is 40.8 Å². The van der Waals surface area contributed by atoms with Crippen LogP contribution in [0.1, 0.15) is 11.6 Å². The standard InChI is InChI=1S/C12H8F8N4/c13-10(14,12(18,19)20)8-22-9(11(15,16)17)24(23-8)6-21-7-4-2-1-3-5-7/h1-5,21H,6H2. The summed E-state index contributed by atoms with van der Waals surface area (Å²) in [6.45, 7) is -0.806. The molecule has 0 unspecified atom stereocenters. The van der Waals surface area contributed by atoms with Gasteiger partial charge in [-0.3, -0.25) is 0 Å². The van der Waals surface area contributed by atoms with Crippen LogP contribution in [0.2, 0.25) is 0 Å². The van der Waals surface area contributed by atoms with E-state index in [4.69, 9.17) is 0 Å². The highest BCUT2D eigenvalue weighted by Gasteiger charge is 2.62. The number of alkyl halides is 8. The summed E-state index contributed by atoms with van der Waals surface area (Å²) in [6, 6.07) is 7.60. The van der Waals surface area contributed by atoms with Gasteiger partial charge in [0.2, 0.25) is 11.6 Å². The van der Waals surface area contributed by atoms with Crippen molar-refractivity contribution in [1.82, 2.24) is 14.8 Å². The van der Waals surface area contributed by atoms with Crippen LogP contribution in [0.25, 0.3) is 0 Å². The zero-order valence-corrected chi connectivity index (χ0v) is 11.5. The summed E-state index contributed by atoms with van der Waals surface area (Å²) >= 11 is 0. The minimum absolute atomic E-state index is 0.0953. The van der Waals surface area contributed by atoms with Crippen molar-refractivity contribution in [3.05, 3.63) is 42.0 Å². The molecule has 4 nitrogen and oxygen atoms in total. The van der Waals surface area contributed by atoms with Crippen molar-refractivity contribution in [2.45, 2.75) is 24.9 Å². The Labute approximate surface area is 129 Å². The van der Waals surface area contributed by atoms with E-state index >= 15 is 0 Å². The van der Waals surface area contributed by atoms with Gasteiger partial charge in [0.1, 0.15) is 6.67 Å². The fourth-order valence-corrected chi connectivity index (χ4v) is 1.64. The second-order valence-corrected chi connectivity index (χ2v) is 4.53. The van der Waals surface area contributed by atoms with Crippen LogP contribution < -0.4 is 5.32 Å². The smallest absolute Gasteiger partial charge is 0.366 e. The van der Waals surface area contributed by atoms with Crippen LogP contribution in [0.15, 0.2) is 30.3 Å². The summed E-state index contributed by atoms with van der Waals surface area (Å²) in [6.07, 6.45) is -11.4. The van der Waals surface area contributed by atoms with E-state index in [1.165, 1.54) is 24.3 Å². The number of rotatable bonds is 4. The molecule has 12 heteroatoms. The average Bonchev–Trinajstić information content (AvgIpc) is 2.90. The molecular formula is C12H8F8N4. The Kier molecular flexibility index (Phi) is 4.42. The van der Waals surface area contributed by atoms with E-state index in [0.717, 1.165) is 0 Å². The van der Waals surface area contributed by atoms with Crippen molar-refractivity contribution >= 4 is 5.69 Å². The second kappa shape index (κ2) is 5.91. The van der Waals surface area contributed by atoms with E-state index in [-0.39, 0.29) is 4.68 Å². The molecule has 0 aliphatic carbocycles. The first-order valence-corrected chi connectivity index (χ1v) is 6.19. The minimum Gasteiger partial charge on any atom is -0.366 e. The average molecular weight is 360 g/mol. The molecule has 0 spiro atoms. The molecule has 0 saturated heterocycles. The predicted molar refractivity (Wildman–Crippen MR) is 65.0 cm³/mol. The van der Waals surface area contributed by atoms with E-state index in [0.29, 0.717) is 5.69 Å². The Morgan fingerprint density at radius 3 is 2.00 bits per heavy atom. The van der Waals surface area contributed by atoms with Gasteiger partial charge in [-0.05, 0) is 12.1 Å². The number of nitrogens with zero attached hydrogens (tertiary/aromatic N) is 3. The lowest BCUT2D eigenvalue weighted by Crippen LogP contribution is -2.35. The third-order valence-electron chi connectivity index (χ3n) is 2.77. The molecule has 0 bridgehead atoms. The van der Waals surface area contributed by atoms with Crippen molar-refractivity contribution in [1.29, 1.82) is 0 Å². The van der Waals surface area contributed by atoms with Gasteiger partial charge in [-0.25, -0.2) is 9.67 Å². The zero-order chi connectivity index (χ0) is 18.2. The molecule has 0 fully saturated rings. The molecule has 1 N–H and O–H groups in total. The van der Waals surface area contributed by atoms with Gasteiger partial charge in [0.25, 0.3) is 0 Å². The number of anilines is 1. The maximum absolute atomic E-state index is 13.2. The van der Waals surface area contributed by atoms with Crippen molar-refractivity contribution in [3.63, 3.8) is 0 Å². The van der Waals surface area contributed by atoms with Crippen molar-refractivity contribution in [2.24, 2.45) is 0 Å². The zero-order valence-electron chi connectivity index (χ0n) is 11.5. The van der Waals surface area contributed by atoms with E-state index in [1.807, 2.05) is 0 Å². The van der Waals surface area contributed by atoms with E-state index in [2.05, 4.69) is 15.4 Å². The van der Waals surface area contributed by atoms with Gasteiger partial charge < -0.3 is 5.32 Å². The Hall–Kier alpha value is -2.40. The third-order valence-corrected chi connectivity index (χ3v) is 2.77. The van der Waals surface area contributed by atoms with Crippen LogP contribution in [-0.4, -0.2) is 20.9 Å². The fraction of sp³-hybridized carbons (Fsp3) is 0.333. The fourth-order valence-electron chi connectivity index (χ4n) is 1.64. The molecule has 0 saturated carbocycles. The van der Waals surface area contributed by atoms with Crippen molar-refractivity contribution < 1.29 is 35.1 Å². The van der Waals surface area contributed by atoms with E-state index in [1.54, 1.807) is 6.07 Å². The summed E-state index contributed by atoms with van der Waals surface area (Å²) in [5.41, 5.74) is 0.310. The van der Waals surface area contributed by atoms with Gasteiger partial charge in [-0.15, -0.1) is 5.10 Å². The van der Waals surface area contributed by atoms with Crippen molar-refractivity contribution in [2.75, 3.05) is 5.32 Å².